The number of alkyl halides is 2. The molecule has 29 heavy (non-hydrogen) atoms. The van der Waals surface area contributed by atoms with E-state index in [1.54, 1.807) is 13.8 Å². The van der Waals surface area contributed by atoms with E-state index in [2.05, 4.69) is 13.8 Å². The Hall–Kier alpha value is -0.510. The van der Waals surface area contributed by atoms with Crippen LogP contribution in [0.1, 0.15) is 91.9 Å². The summed E-state index contributed by atoms with van der Waals surface area (Å²) in [4.78, 5) is 12.1. The van der Waals surface area contributed by atoms with Gasteiger partial charge in [-0.15, -0.1) is 0 Å². The first kappa shape index (κ1) is 21.7. The van der Waals surface area contributed by atoms with Crippen molar-refractivity contribution in [2.75, 3.05) is 0 Å². The Morgan fingerprint density at radius 2 is 1.66 bits per heavy atom. The van der Waals surface area contributed by atoms with Crippen molar-refractivity contribution in [3.63, 3.8) is 0 Å². The number of fused-ring (bicyclic) bond motifs is 5. The molecule has 4 aliphatic carbocycles. The summed E-state index contributed by atoms with van der Waals surface area (Å²) in [5, 5.41) is 10.2. The molecule has 0 radical (unpaired) electrons. The number of carbonyl (C=O) groups is 1. The van der Waals surface area contributed by atoms with E-state index in [0.717, 1.165) is 44.9 Å². The summed E-state index contributed by atoms with van der Waals surface area (Å²) in [5.74, 6) is -2.23. The molecule has 0 spiro atoms. The van der Waals surface area contributed by atoms with Crippen LogP contribution in [0.2, 0.25) is 0 Å². The van der Waals surface area contributed by atoms with Crippen LogP contribution in [-0.4, -0.2) is 22.9 Å². The summed E-state index contributed by atoms with van der Waals surface area (Å²) < 4.78 is 29.5. The molecule has 8 unspecified atom stereocenters. The smallest absolute Gasteiger partial charge is 0.305 e. The third-order valence-corrected chi connectivity index (χ3v) is 10.2. The van der Waals surface area contributed by atoms with Crippen molar-refractivity contribution in [1.82, 2.24) is 0 Å². The first-order chi connectivity index (χ1) is 13.5. The fourth-order valence-electron chi connectivity index (χ4n) is 8.51. The maximum atomic E-state index is 14.7. The highest BCUT2D eigenvalue weighted by Crippen LogP contribution is 2.68. The van der Waals surface area contributed by atoms with Crippen LogP contribution < -0.4 is 0 Å². The second kappa shape index (κ2) is 7.28. The van der Waals surface area contributed by atoms with E-state index in [1.807, 2.05) is 0 Å². The third kappa shape index (κ3) is 3.40. The van der Waals surface area contributed by atoms with Gasteiger partial charge in [-0.3, -0.25) is 4.79 Å². The molecule has 2 nitrogen and oxygen atoms in total. The molecule has 0 aliphatic heterocycles. The Morgan fingerprint density at radius 3 is 2.34 bits per heavy atom. The van der Waals surface area contributed by atoms with Crippen LogP contribution in [0.3, 0.4) is 0 Å². The van der Waals surface area contributed by atoms with Crippen molar-refractivity contribution >= 4 is 5.78 Å². The summed E-state index contributed by atoms with van der Waals surface area (Å²) in [7, 11) is 0. The fourth-order valence-corrected chi connectivity index (χ4v) is 8.51. The molecule has 166 valence electrons. The van der Waals surface area contributed by atoms with E-state index in [9.17, 15) is 18.7 Å². The predicted molar refractivity (Wildman–Crippen MR) is 111 cm³/mol. The number of rotatable bonds is 4. The van der Waals surface area contributed by atoms with Gasteiger partial charge in [0, 0.05) is 12.3 Å². The van der Waals surface area contributed by atoms with E-state index in [0.29, 0.717) is 29.1 Å². The van der Waals surface area contributed by atoms with Gasteiger partial charge in [-0.1, -0.05) is 27.7 Å². The third-order valence-electron chi connectivity index (χ3n) is 10.2. The van der Waals surface area contributed by atoms with Crippen molar-refractivity contribution < 1.29 is 18.7 Å². The lowest BCUT2D eigenvalue weighted by atomic mass is 9.44. The lowest BCUT2D eigenvalue weighted by Crippen LogP contribution is -2.54. The summed E-state index contributed by atoms with van der Waals surface area (Å²) in [6.45, 7) is 7.90. The van der Waals surface area contributed by atoms with Crippen LogP contribution >= 0.6 is 0 Å². The number of hydrogen-bond donors (Lipinski definition) is 1. The number of aliphatic hydroxyl groups excluding tert-OH is 1. The van der Waals surface area contributed by atoms with Gasteiger partial charge in [0.25, 0.3) is 0 Å². The molecule has 0 saturated heterocycles. The van der Waals surface area contributed by atoms with Crippen LogP contribution in [0.4, 0.5) is 8.78 Å². The van der Waals surface area contributed by atoms with Crippen molar-refractivity contribution in [3.8, 4) is 0 Å². The monoisotopic (exact) mass is 410 g/mol. The Kier molecular flexibility index (Phi) is 5.45. The van der Waals surface area contributed by atoms with Crippen LogP contribution in [0.25, 0.3) is 0 Å². The molecule has 4 heteroatoms. The van der Waals surface area contributed by atoms with Gasteiger partial charge in [-0.05, 0) is 98.2 Å². The van der Waals surface area contributed by atoms with E-state index in [1.165, 1.54) is 12.8 Å². The van der Waals surface area contributed by atoms with E-state index in [-0.39, 0.29) is 23.9 Å². The minimum absolute atomic E-state index is 0.0372. The highest BCUT2D eigenvalue weighted by Gasteiger charge is 2.61. The highest BCUT2D eigenvalue weighted by molar-refractivity contribution is 5.87. The summed E-state index contributed by atoms with van der Waals surface area (Å²) >= 11 is 0. The lowest BCUT2D eigenvalue weighted by Gasteiger charge is -2.61. The number of hydrogen-bond acceptors (Lipinski definition) is 2. The van der Waals surface area contributed by atoms with Crippen molar-refractivity contribution in [3.05, 3.63) is 0 Å². The Morgan fingerprint density at radius 1 is 1.00 bits per heavy atom. The summed E-state index contributed by atoms with van der Waals surface area (Å²) in [6.07, 6.45) is 9.07. The second-order valence-corrected chi connectivity index (χ2v) is 11.8. The number of Topliss-reactive ketones (excluding diaryl/α,β-unsaturated/α-hetero) is 1. The summed E-state index contributed by atoms with van der Waals surface area (Å²) in [5.41, 5.74) is 0.276. The average Bonchev–Trinajstić information content (AvgIpc) is 2.97. The Balaban J connectivity index is 1.52. The molecule has 1 N–H and O–H groups in total. The zero-order valence-electron chi connectivity index (χ0n) is 18.7. The van der Waals surface area contributed by atoms with Gasteiger partial charge in [-0.25, -0.2) is 0 Å². The van der Waals surface area contributed by atoms with Gasteiger partial charge in [0.05, 0.1) is 6.10 Å². The lowest BCUT2D eigenvalue weighted by molar-refractivity contribution is -0.154. The van der Waals surface area contributed by atoms with Gasteiger partial charge in [-0.2, -0.15) is 8.78 Å². The minimum Gasteiger partial charge on any atom is -0.393 e. The molecule has 8 atom stereocenters. The number of halogens is 2. The van der Waals surface area contributed by atoms with Crippen LogP contribution in [0.15, 0.2) is 0 Å². The highest BCUT2D eigenvalue weighted by atomic mass is 19.3. The number of aliphatic hydroxyl groups is 1. The number of ketones is 1. The summed E-state index contributed by atoms with van der Waals surface area (Å²) in [6, 6.07) is 0. The Bertz CT molecular complexity index is 647. The SMILES string of the molecule is CC(C)C(=O)C(F)(F)CC1CCC2C3CCC4CC(O)CCC4(C)C3CCC12C. The molecule has 0 heterocycles. The topological polar surface area (TPSA) is 37.3 Å². The maximum Gasteiger partial charge on any atom is 0.305 e. The zero-order chi connectivity index (χ0) is 21.2. The van der Waals surface area contributed by atoms with Crippen LogP contribution in [0.5, 0.6) is 0 Å². The normalized spacial score (nSPS) is 47.4. The van der Waals surface area contributed by atoms with E-state index < -0.39 is 17.6 Å². The predicted octanol–water partition coefficient (Wildman–Crippen LogP) is 6.26. The molecular formula is C25H40F2O2. The van der Waals surface area contributed by atoms with Crippen molar-refractivity contribution in [2.24, 2.45) is 46.3 Å². The maximum absolute atomic E-state index is 14.7. The first-order valence-corrected chi connectivity index (χ1v) is 12.1. The quantitative estimate of drug-likeness (QED) is 0.594. The molecule has 0 aromatic carbocycles. The first-order valence-electron chi connectivity index (χ1n) is 12.1. The molecule has 4 fully saturated rings. The van der Waals surface area contributed by atoms with Crippen LogP contribution in [-0.2, 0) is 4.79 Å². The van der Waals surface area contributed by atoms with Gasteiger partial charge < -0.3 is 5.11 Å². The molecule has 4 saturated carbocycles. The van der Waals surface area contributed by atoms with E-state index in [4.69, 9.17) is 0 Å². The van der Waals surface area contributed by atoms with Gasteiger partial charge >= 0.3 is 5.92 Å². The largest absolute Gasteiger partial charge is 0.393 e. The van der Waals surface area contributed by atoms with Crippen molar-refractivity contribution in [2.45, 2.75) is 104 Å². The Labute approximate surface area is 175 Å². The molecular weight excluding hydrogens is 370 g/mol. The zero-order valence-corrected chi connectivity index (χ0v) is 18.7. The van der Waals surface area contributed by atoms with E-state index >= 15 is 0 Å². The molecule has 0 aromatic heterocycles. The van der Waals surface area contributed by atoms with Gasteiger partial charge in [0.2, 0.25) is 5.78 Å². The standard InChI is InChI=1S/C25H40F2O2/c1-15(2)22(29)25(26,27)14-17-6-8-20-19-7-5-16-13-18(28)9-11-23(16,3)21(19)10-12-24(17,20)4/h15-21,28H,5-14H2,1-4H3. The van der Waals surface area contributed by atoms with Crippen LogP contribution in [0, 0.1) is 46.3 Å². The fraction of sp³-hybridized carbons (Fsp3) is 0.960. The van der Waals surface area contributed by atoms with Gasteiger partial charge in [0.1, 0.15) is 0 Å². The van der Waals surface area contributed by atoms with Crippen molar-refractivity contribution in [1.29, 1.82) is 0 Å². The minimum atomic E-state index is -3.18. The van der Waals surface area contributed by atoms with Gasteiger partial charge in [0.15, 0.2) is 0 Å². The molecule has 4 rings (SSSR count). The molecule has 0 bridgehead atoms. The second-order valence-electron chi connectivity index (χ2n) is 11.8. The average molecular weight is 411 g/mol. The molecule has 0 aromatic rings. The molecule has 4 aliphatic rings. The molecule has 0 amide bonds. The number of carbonyl (C=O) groups excluding carboxylic acids is 1.